The molecule has 2 aromatic carbocycles. The number of imidazole rings is 1. The molecule has 0 aliphatic rings. The smallest absolute Gasteiger partial charge is 0.131 e. The van der Waals surface area contributed by atoms with E-state index in [2.05, 4.69) is 17.1 Å². The van der Waals surface area contributed by atoms with Gasteiger partial charge in [-0.25, -0.2) is 4.98 Å². The fraction of sp³-hybridized carbons (Fsp3) is 0.0625. The van der Waals surface area contributed by atoms with Crippen LogP contribution in [0.2, 0.25) is 10.0 Å². The predicted molar refractivity (Wildman–Crippen MR) is 87.6 cm³/mol. The standard InChI is InChI=1S/C16H13Cl2N3/c17-13-7-6-12(8-14(13)18)15-16(19)21(10-20-15)9-11-4-2-1-3-5-11/h1-8,10H,9,19H2. The van der Waals surface area contributed by atoms with Gasteiger partial charge in [0.25, 0.3) is 0 Å². The monoisotopic (exact) mass is 317 g/mol. The summed E-state index contributed by atoms with van der Waals surface area (Å²) in [5, 5.41) is 1.01. The molecule has 0 spiro atoms. The van der Waals surface area contributed by atoms with Gasteiger partial charge in [0.2, 0.25) is 0 Å². The molecule has 3 rings (SSSR count). The summed E-state index contributed by atoms with van der Waals surface area (Å²) in [4.78, 5) is 4.39. The van der Waals surface area contributed by atoms with Gasteiger partial charge in [-0.15, -0.1) is 0 Å². The Kier molecular flexibility index (Phi) is 3.86. The van der Waals surface area contributed by atoms with Crippen LogP contribution in [0.4, 0.5) is 5.82 Å². The molecular weight excluding hydrogens is 305 g/mol. The van der Waals surface area contributed by atoms with E-state index in [9.17, 15) is 0 Å². The van der Waals surface area contributed by atoms with E-state index < -0.39 is 0 Å². The molecule has 21 heavy (non-hydrogen) atoms. The summed E-state index contributed by atoms with van der Waals surface area (Å²) in [7, 11) is 0. The Bertz CT molecular complexity index is 766. The summed E-state index contributed by atoms with van der Waals surface area (Å²) in [6, 6.07) is 15.5. The summed E-state index contributed by atoms with van der Waals surface area (Å²) >= 11 is 12.0. The Morgan fingerprint density at radius 3 is 2.48 bits per heavy atom. The van der Waals surface area contributed by atoms with Gasteiger partial charge in [-0.3, -0.25) is 0 Å². The van der Waals surface area contributed by atoms with E-state index in [0.717, 1.165) is 5.56 Å². The first-order chi connectivity index (χ1) is 10.1. The molecule has 1 aromatic heterocycles. The van der Waals surface area contributed by atoms with Gasteiger partial charge < -0.3 is 10.3 Å². The van der Waals surface area contributed by atoms with Crippen molar-refractivity contribution in [3.8, 4) is 11.3 Å². The van der Waals surface area contributed by atoms with Crippen molar-refractivity contribution in [2.75, 3.05) is 5.73 Å². The molecule has 106 valence electrons. The third-order valence-corrected chi connectivity index (χ3v) is 4.01. The van der Waals surface area contributed by atoms with Gasteiger partial charge >= 0.3 is 0 Å². The molecule has 1 heterocycles. The highest BCUT2D eigenvalue weighted by molar-refractivity contribution is 6.42. The molecular formula is C16H13Cl2N3. The quantitative estimate of drug-likeness (QED) is 0.773. The van der Waals surface area contributed by atoms with Crippen LogP contribution in [0.1, 0.15) is 5.56 Å². The Hall–Kier alpha value is -1.97. The van der Waals surface area contributed by atoms with E-state index in [1.54, 1.807) is 18.5 Å². The maximum absolute atomic E-state index is 6.20. The molecule has 0 saturated carbocycles. The lowest BCUT2D eigenvalue weighted by molar-refractivity contribution is 0.808. The minimum atomic E-state index is 0.492. The Morgan fingerprint density at radius 2 is 1.76 bits per heavy atom. The minimum Gasteiger partial charge on any atom is -0.383 e. The largest absolute Gasteiger partial charge is 0.383 e. The number of benzene rings is 2. The van der Waals surface area contributed by atoms with Gasteiger partial charge in [0.15, 0.2) is 0 Å². The third kappa shape index (κ3) is 2.89. The van der Waals surface area contributed by atoms with Crippen molar-refractivity contribution in [3.63, 3.8) is 0 Å². The molecule has 0 saturated heterocycles. The number of halogens is 2. The van der Waals surface area contributed by atoms with E-state index in [4.69, 9.17) is 28.9 Å². The van der Waals surface area contributed by atoms with Crippen LogP contribution in [0.15, 0.2) is 54.9 Å². The van der Waals surface area contributed by atoms with Crippen LogP contribution in [-0.2, 0) is 6.54 Å². The van der Waals surface area contributed by atoms with E-state index in [0.29, 0.717) is 28.1 Å². The summed E-state index contributed by atoms with van der Waals surface area (Å²) < 4.78 is 1.91. The highest BCUT2D eigenvalue weighted by Crippen LogP contribution is 2.30. The maximum atomic E-state index is 6.20. The van der Waals surface area contributed by atoms with Crippen LogP contribution in [-0.4, -0.2) is 9.55 Å². The number of aromatic nitrogens is 2. The number of hydrogen-bond acceptors (Lipinski definition) is 2. The summed E-state index contributed by atoms with van der Waals surface area (Å²) in [6.45, 7) is 0.682. The topological polar surface area (TPSA) is 43.8 Å². The van der Waals surface area contributed by atoms with E-state index in [1.165, 1.54) is 5.56 Å². The summed E-state index contributed by atoms with van der Waals surface area (Å²) in [5.74, 6) is 0.609. The van der Waals surface area contributed by atoms with Gasteiger partial charge in [-0.05, 0) is 17.7 Å². The van der Waals surface area contributed by atoms with Gasteiger partial charge in [0.1, 0.15) is 11.5 Å². The Balaban J connectivity index is 1.93. The molecule has 0 aliphatic heterocycles. The zero-order chi connectivity index (χ0) is 14.8. The van der Waals surface area contributed by atoms with Crippen molar-refractivity contribution >= 4 is 29.0 Å². The molecule has 3 aromatic rings. The lowest BCUT2D eigenvalue weighted by atomic mass is 10.1. The van der Waals surface area contributed by atoms with Gasteiger partial charge in [0, 0.05) is 5.56 Å². The molecule has 0 unspecified atom stereocenters. The van der Waals surface area contributed by atoms with Crippen LogP contribution in [0, 0.1) is 0 Å². The first-order valence-corrected chi connectivity index (χ1v) is 7.20. The molecule has 2 N–H and O–H groups in total. The number of nitrogens with zero attached hydrogens (tertiary/aromatic N) is 2. The zero-order valence-corrected chi connectivity index (χ0v) is 12.6. The fourth-order valence-corrected chi connectivity index (χ4v) is 2.46. The van der Waals surface area contributed by atoms with Crippen LogP contribution >= 0.6 is 23.2 Å². The second-order valence-corrected chi connectivity index (χ2v) is 5.54. The average Bonchev–Trinajstić information content (AvgIpc) is 2.84. The van der Waals surface area contributed by atoms with Gasteiger partial charge in [-0.2, -0.15) is 0 Å². The van der Waals surface area contributed by atoms with E-state index >= 15 is 0 Å². The number of rotatable bonds is 3. The molecule has 0 atom stereocenters. The molecule has 3 nitrogen and oxygen atoms in total. The highest BCUT2D eigenvalue weighted by Gasteiger charge is 2.11. The van der Waals surface area contributed by atoms with Crippen molar-refractivity contribution in [1.29, 1.82) is 0 Å². The van der Waals surface area contributed by atoms with Crippen LogP contribution in [0.5, 0.6) is 0 Å². The highest BCUT2D eigenvalue weighted by atomic mass is 35.5. The second kappa shape index (κ2) is 5.80. The van der Waals surface area contributed by atoms with E-state index in [-0.39, 0.29) is 0 Å². The SMILES string of the molecule is Nc1c(-c2ccc(Cl)c(Cl)c2)ncn1Cc1ccccc1. The van der Waals surface area contributed by atoms with E-state index in [1.807, 2.05) is 28.8 Å². The number of nitrogen functional groups attached to an aromatic ring is 1. The predicted octanol–water partition coefficient (Wildman–Crippen LogP) is 4.49. The number of nitrogens with two attached hydrogens (primary N) is 1. The maximum Gasteiger partial charge on any atom is 0.131 e. The molecule has 0 bridgehead atoms. The lowest BCUT2D eigenvalue weighted by Crippen LogP contribution is -2.03. The molecule has 0 aliphatic carbocycles. The fourth-order valence-electron chi connectivity index (χ4n) is 2.16. The summed E-state index contributed by atoms with van der Waals surface area (Å²) in [6.07, 6.45) is 1.74. The van der Waals surface area contributed by atoms with Crippen LogP contribution < -0.4 is 5.73 Å². The van der Waals surface area contributed by atoms with Crippen molar-refractivity contribution in [2.24, 2.45) is 0 Å². The molecule has 0 amide bonds. The van der Waals surface area contributed by atoms with Crippen LogP contribution in [0.3, 0.4) is 0 Å². The number of anilines is 1. The normalized spacial score (nSPS) is 10.8. The first kappa shape index (κ1) is 14.0. The van der Waals surface area contributed by atoms with Crippen LogP contribution in [0.25, 0.3) is 11.3 Å². The first-order valence-electron chi connectivity index (χ1n) is 6.45. The van der Waals surface area contributed by atoms with Crippen molar-refractivity contribution in [1.82, 2.24) is 9.55 Å². The zero-order valence-electron chi connectivity index (χ0n) is 11.1. The van der Waals surface area contributed by atoms with Gasteiger partial charge in [-0.1, -0.05) is 59.6 Å². The Labute approximate surface area is 132 Å². The summed E-state index contributed by atoms with van der Waals surface area (Å²) in [5.41, 5.74) is 8.93. The average molecular weight is 318 g/mol. The molecule has 5 heteroatoms. The molecule has 0 fully saturated rings. The van der Waals surface area contributed by atoms with Crippen molar-refractivity contribution < 1.29 is 0 Å². The second-order valence-electron chi connectivity index (χ2n) is 4.72. The molecule has 0 radical (unpaired) electrons. The third-order valence-electron chi connectivity index (χ3n) is 3.27. The van der Waals surface area contributed by atoms with Gasteiger partial charge in [0.05, 0.1) is 22.9 Å². The lowest BCUT2D eigenvalue weighted by Gasteiger charge is -2.06. The van der Waals surface area contributed by atoms with Crippen molar-refractivity contribution in [2.45, 2.75) is 6.54 Å². The number of hydrogen-bond donors (Lipinski definition) is 1. The Morgan fingerprint density at radius 1 is 1.00 bits per heavy atom. The minimum absolute atomic E-state index is 0.492. The van der Waals surface area contributed by atoms with Crippen molar-refractivity contribution in [3.05, 3.63) is 70.5 Å².